The van der Waals surface area contributed by atoms with Gasteiger partial charge < -0.3 is 9.88 Å². The topological polar surface area (TPSA) is 42.7 Å². The van der Waals surface area contributed by atoms with Gasteiger partial charge in [-0.05, 0) is 19.4 Å². The zero-order valence-corrected chi connectivity index (χ0v) is 11.8. The van der Waals surface area contributed by atoms with Gasteiger partial charge in [-0.1, -0.05) is 13.8 Å². The summed E-state index contributed by atoms with van der Waals surface area (Å²) in [5, 5.41) is 5.63. The van der Waals surface area contributed by atoms with E-state index in [-0.39, 0.29) is 6.04 Å². The normalized spacial score (nSPS) is 12.8. The van der Waals surface area contributed by atoms with Crippen molar-refractivity contribution >= 4 is 11.3 Å². The van der Waals surface area contributed by atoms with Gasteiger partial charge in [0.1, 0.15) is 11.9 Å². The van der Waals surface area contributed by atoms with E-state index in [4.69, 9.17) is 0 Å². The number of hydrogen-bond acceptors (Lipinski definition) is 4. The Labute approximate surface area is 112 Å². The first kappa shape index (κ1) is 13.2. The van der Waals surface area contributed by atoms with Gasteiger partial charge in [0.15, 0.2) is 0 Å². The Hall–Kier alpha value is -1.20. The molecule has 0 amide bonds. The second-order valence-electron chi connectivity index (χ2n) is 4.28. The summed E-state index contributed by atoms with van der Waals surface area (Å²) in [6.07, 6.45) is 6.14. The molecule has 0 bridgehead atoms. The van der Waals surface area contributed by atoms with E-state index in [0.29, 0.717) is 0 Å². The Morgan fingerprint density at radius 1 is 1.33 bits per heavy atom. The Balaban J connectivity index is 2.24. The van der Waals surface area contributed by atoms with Gasteiger partial charge >= 0.3 is 0 Å². The number of aryl methyl sites for hydroxylation is 1. The average molecular weight is 264 g/mol. The summed E-state index contributed by atoms with van der Waals surface area (Å²) in [5.41, 5.74) is 2.94. The van der Waals surface area contributed by atoms with Crippen molar-refractivity contribution in [2.45, 2.75) is 39.3 Å². The Morgan fingerprint density at radius 3 is 2.89 bits per heavy atom. The van der Waals surface area contributed by atoms with Gasteiger partial charge in [-0.25, -0.2) is 9.97 Å². The van der Waals surface area contributed by atoms with Crippen molar-refractivity contribution in [2.24, 2.45) is 0 Å². The molecule has 1 unspecified atom stereocenters. The van der Waals surface area contributed by atoms with Crippen molar-refractivity contribution < 1.29 is 0 Å². The molecule has 0 aliphatic carbocycles. The Bertz CT molecular complexity index is 449. The summed E-state index contributed by atoms with van der Waals surface area (Å²) >= 11 is 1.63. The molecule has 0 aliphatic heterocycles. The van der Waals surface area contributed by atoms with E-state index in [1.54, 1.807) is 11.3 Å². The molecule has 0 aliphatic rings. The van der Waals surface area contributed by atoms with Gasteiger partial charge in [-0.2, -0.15) is 0 Å². The zero-order valence-electron chi connectivity index (χ0n) is 11.0. The largest absolute Gasteiger partial charge is 0.333 e. The molecule has 2 aromatic heterocycles. The van der Waals surface area contributed by atoms with Crippen molar-refractivity contribution in [3.05, 3.63) is 34.8 Å². The lowest BCUT2D eigenvalue weighted by Gasteiger charge is -2.17. The maximum absolute atomic E-state index is 4.51. The molecular formula is C13H20N4S. The van der Waals surface area contributed by atoms with Crippen molar-refractivity contribution in [3.63, 3.8) is 0 Å². The molecule has 0 saturated carbocycles. The second-order valence-corrected chi connectivity index (χ2v) is 5.00. The van der Waals surface area contributed by atoms with E-state index < -0.39 is 0 Å². The molecule has 1 atom stereocenters. The lowest BCUT2D eigenvalue weighted by molar-refractivity contribution is 0.523. The monoisotopic (exact) mass is 264 g/mol. The van der Waals surface area contributed by atoms with E-state index >= 15 is 0 Å². The van der Waals surface area contributed by atoms with Crippen molar-refractivity contribution in [3.8, 4) is 0 Å². The quantitative estimate of drug-likeness (QED) is 0.836. The van der Waals surface area contributed by atoms with Crippen molar-refractivity contribution in [1.29, 1.82) is 0 Å². The maximum atomic E-state index is 4.51. The SMILES string of the molecule is CCCNC(c1cscn1)c1nccn1CCC. The molecule has 2 heterocycles. The summed E-state index contributed by atoms with van der Waals surface area (Å²) in [5.74, 6) is 1.07. The van der Waals surface area contributed by atoms with Crippen LogP contribution in [-0.4, -0.2) is 21.1 Å². The highest BCUT2D eigenvalue weighted by Crippen LogP contribution is 2.20. The summed E-state index contributed by atoms with van der Waals surface area (Å²) < 4.78 is 2.21. The van der Waals surface area contributed by atoms with Gasteiger partial charge in [0.2, 0.25) is 0 Å². The molecule has 18 heavy (non-hydrogen) atoms. The molecule has 98 valence electrons. The fraction of sp³-hybridized carbons (Fsp3) is 0.538. The van der Waals surface area contributed by atoms with Crippen LogP contribution in [0.15, 0.2) is 23.3 Å². The third kappa shape index (κ3) is 2.97. The molecular weight excluding hydrogens is 244 g/mol. The van der Waals surface area contributed by atoms with Crippen LogP contribution in [0.1, 0.15) is 44.2 Å². The second kappa shape index (κ2) is 6.66. The highest BCUT2D eigenvalue weighted by Gasteiger charge is 2.19. The van der Waals surface area contributed by atoms with Gasteiger partial charge in [-0.15, -0.1) is 11.3 Å². The number of hydrogen-bond donors (Lipinski definition) is 1. The van der Waals surface area contributed by atoms with Crippen LogP contribution >= 0.6 is 11.3 Å². The number of nitrogens with one attached hydrogen (secondary N) is 1. The van der Waals surface area contributed by atoms with E-state index in [1.165, 1.54) is 0 Å². The van der Waals surface area contributed by atoms with Crippen LogP contribution in [0.5, 0.6) is 0 Å². The Morgan fingerprint density at radius 2 is 2.22 bits per heavy atom. The third-order valence-electron chi connectivity index (χ3n) is 2.82. The first-order chi connectivity index (χ1) is 8.86. The molecule has 2 aromatic rings. The summed E-state index contributed by atoms with van der Waals surface area (Å²) in [7, 11) is 0. The van der Waals surface area contributed by atoms with E-state index in [9.17, 15) is 0 Å². The van der Waals surface area contributed by atoms with Gasteiger partial charge in [0.25, 0.3) is 0 Å². The van der Waals surface area contributed by atoms with E-state index in [2.05, 4.69) is 39.1 Å². The summed E-state index contributed by atoms with van der Waals surface area (Å²) in [4.78, 5) is 8.94. The molecule has 1 N–H and O–H groups in total. The minimum Gasteiger partial charge on any atom is -0.333 e. The van der Waals surface area contributed by atoms with Crippen LogP contribution in [0.4, 0.5) is 0 Å². The first-order valence-electron chi connectivity index (χ1n) is 6.49. The summed E-state index contributed by atoms with van der Waals surface area (Å²) in [6.45, 7) is 6.33. The molecule has 0 fully saturated rings. The van der Waals surface area contributed by atoms with Crippen LogP contribution in [0.25, 0.3) is 0 Å². The van der Waals surface area contributed by atoms with Crippen molar-refractivity contribution in [1.82, 2.24) is 19.9 Å². The maximum Gasteiger partial charge on any atom is 0.132 e. The van der Waals surface area contributed by atoms with Crippen LogP contribution in [-0.2, 0) is 6.54 Å². The number of imidazole rings is 1. The van der Waals surface area contributed by atoms with Gasteiger partial charge in [-0.3, -0.25) is 0 Å². The minimum atomic E-state index is 0.109. The lowest BCUT2D eigenvalue weighted by atomic mass is 10.2. The molecule has 2 rings (SSSR count). The smallest absolute Gasteiger partial charge is 0.132 e. The fourth-order valence-corrected chi connectivity index (χ4v) is 2.57. The molecule has 0 radical (unpaired) electrons. The molecule has 4 nitrogen and oxygen atoms in total. The molecule has 0 saturated heterocycles. The highest BCUT2D eigenvalue weighted by atomic mass is 32.1. The van der Waals surface area contributed by atoms with Crippen LogP contribution in [0, 0.1) is 0 Å². The highest BCUT2D eigenvalue weighted by molar-refractivity contribution is 7.07. The first-order valence-corrected chi connectivity index (χ1v) is 7.43. The molecule has 5 heteroatoms. The average Bonchev–Trinajstić information content (AvgIpc) is 3.02. The number of aromatic nitrogens is 3. The van der Waals surface area contributed by atoms with Crippen LogP contribution < -0.4 is 5.32 Å². The van der Waals surface area contributed by atoms with E-state index in [0.717, 1.165) is 37.4 Å². The number of nitrogens with zero attached hydrogens (tertiary/aromatic N) is 3. The zero-order chi connectivity index (χ0) is 12.8. The predicted octanol–water partition coefficient (Wildman–Crippen LogP) is 2.84. The lowest BCUT2D eigenvalue weighted by Crippen LogP contribution is -2.26. The predicted molar refractivity (Wildman–Crippen MR) is 74.8 cm³/mol. The minimum absolute atomic E-state index is 0.109. The van der Waals surface area contributed by atoms with E-state index in [1.807, 2.05) is 17.9 Å². The standard InChI is InChI=1S/C13H20N4S/c1-3-5-14-12(11-9-18-10-16-11)13-15-6-8-17(13)7-4-2/h6,8-10,12,14H,3-5,7H2,1-2H3. The molecule has 0 aromatic carbocycles. The van der Waals surface area contributed by atoms with Crippen LogP contribution in [0.3, 0.4) is 0 Å². The van der Waals surface area contributed by atoms with Crippen LogP contribution in [0.2, 0.25) is 0 Å². The third-order valence-corrected chi connectivity index (χ3v) is 3.42. The van der Waals surface area contributed by atoms with Gasteiger partial charge in [0.05, 0.1) is 11.2 Å². The number of rotatable bonds is 7. The number of thiazole rings is 1. The summed E-state index contributed by atoms with van der Waals surface area (Å²) in [6, 6.07) is 0.109. The van der Waals surface area contributed by atoms with Gasteiger partial charge in [0, 0.05) is 24.3 Å². The fourth-order valence-electron chi connectivity index (χ4n) is 1.99. The molecule has 0 spiro atoms. The van der Waals surface area contributed by atoms with Crippen molar-refractivity contribution in [2.75, 3.05) is 6.54 Å². The Kier molecular flexibility index (Phi) is 4.90.